The molecule has 2 amide bonds. The molecule has 0 aromatic carbocycles. The lowest BCUT2D eigenvalue weighted by atomic mass is 10.1. The minimum Gasteiger partial charge on any atom is -0.481 e. The van der Waals surface area contributed by atoms with E-state index in [1.165, 1.54) is 0 Å². The topological polar surface area (TPSA) is 78.4 Å². The number of amides is 2. The molecule has 0 aliphatic carbocycles. The molecule has 0 spiro atoms. The second-order valence-electron chi connectivity index (χ2n) is 4.32. The Balaban J connectivity index is 3.75. The average Bonchev–Trinajstić information content (AvgIpc) is 2.25. The number of carboxylic acid groups (broad SMARTS) is 1. The van der Waals surface area contributed by atoms with E-state index in [9.17, 15) is 9.59 Å². The third kappa shape index (κ3) is 8.54. The molecule has 0 bridgehead atoms. The lowest BCUT2D eigenvalue weighted by molar-refractivity contribution is -0.137. The van der Waals surface area contributed by atoms with E-state index < -0.39 is 5.97 Å². The van der Waals surface area contributed by atoms with Crippen molar-refractivity contribution in [2.75, 3.05) is 0 Å². The predicted molar refractivity (Wildman–Crippen MR) is 67.0 cm³/mol. The molecule has 1 unspecified atom stereocenters. The maximum absolute atomic E-state index is 11.5. The fraction of sp³-hybridized carbons (Fsp3) is 0.833. The normalized spacial score (nSPS) is 12.2. The Kier molecular flexibility index (Phi) is 8.19. The molecule has 0 rings (SSSR count). The molecule has 0 aromatic heterocycles. The second-order valence-corrected chi connectivity index (χ2v) is 4.32. The van der Waals surface area contributed by atoms with Gasteiger partial charge in [-0.1, -0.05) is 13.8 Å². The predicted octanol–water partition coefficient (Wildman–Crippen LogP) is 2.12. The molecular formula is C12H24N2O3. The van der Waals surface area contributed by atoms with Gasteiger partial charge in [0.1, 0.15) is 0 Å². The number of urea groups is 1. The van der Waals surface area contributed by atoms with Crippen molar-refractivity contribution in [2.45, 2.75) is 65.0 Å². The van der Waals surface area contributed by atoms with Crippen LogP contribution in [0.5, 0.6) is 0 Å². The lowest BCUT2D eigenvalue weighted by Crippen LogP contribution is -2.45. The average molecular weight is 244 g/mol. The van der Waals surface area contributed by atoms with Crippen LogP contribution in [0.2, 0.25) is 0 Å². The molecule has 0 fully saturated rings. The summed E-state index contributed by atoms with van der Waals surface area (Å²) in [7, 11) is 0. The zero-order valence-electron chi connectivity index (χ0n) is 11.0. The monoisotopic (exact) mass is 244 g/mol. The molecule has 0 radical (unpaired) electrons. The van der Waals surface area contributed by atoms with Crippen molar-refractivity contribution in [3.05, 3.63) is 0 Å². The number of hydrogen-bond donors (Lipinski definition) is 3. The van der Waals surface area contributed by atoms with Crippen LogP contribution in [0.15, 0.2) is 0 Å². The number of hydrogen-bond acceptors (Lipinski definition) is 2. The highest BCUT2D eigenvalue weighted by Crippen LogP contribution is 2.01. The van der Waals surface area contributed by atoms with Gasteiger partial charge in [-0.3, -0.25) is 4.79 Å². The molecule has 1 atom stereocenters. The van der Waals surface area contributed by atoms with Crippen molar-refractivity contribution in [3.63, 3.8) is 0 Å². The maximum Gasteiger partial charge on any atom is 0.315 e. The van der Waals surface area contributed by atoms with Crippen molar-refractivity contribution >= 4 is 12.0 Å². The van der Waals surface area contributed by atoms with E-state index >= 15 is 0 Å². The summed E-state index contributed by atoms with van der Waals surface area (Å²) in [4.78, 5) is 21.9. The fourth-order valence-electron chi connectivity index (χ4n) is 1.58. The van der Waals surface area contributed by atoms with E-state index in [-0.39, 0.29) is 24.5 Å². The first kappa shape index (κ1) is 15.7. The third-order valence-corrected chi connectivity index (χ3v) is 2.73. The quantitative estimate of drug-likeness (QED) is 0.612. The van der Waals surface area contributed by atoms with Gasteiger partial charge in [0.2, 0.25) is 0 Å². The molecule has 0 aliphatic rings. The van der Waals surface area contributed by atoms with Crippen LogP contribution in [0.4, 0.5) is 4.79 Å². The Hall–Kier alpha value is -1.26. The Morgan fingerprint density at radius 3 is 2.24 bits per heavy atom. The number of aliphatic carboxylic acids is 1. The van der Waals surface area contributed by atoms with Gasteiger partial charge in [0.25, 0.3) is 0 Å². The summed E-state index contributed by atoms with van der Waals surface area (Å²) < 4.78 is 0. The molecular weight excluding hydrogens is 220 g/mol. The molecule has 5 nitrogen and oxygen atoms in total. The number of nitrogens with one attached hydrogen (secondary N) is 2. The van der Waals surface area contributed by atoms with E-state index in [2.05, 4.69) is 10.6 Å². The molecule has 17 heavy (non-hydrogen) atoms. The van der Waals surface area contributed by atoms with Crippen LogP contribution in [0.3, 0.4) is 0 Å². The third-order valence-electron chi connectivity index (χ3n) is 2.73. The number of carboxylic acids is 1. The van der Waals surface area contributed by atoms with Crippen LogP contribution in [0.1, 0.15) is 52.9 Å². The van der Waals surface area contributed by atoms with Gasteiger partial charge in [0, 0.05) is 18.5 Å². The maximum atomic E-state index is 11.5. The van der Waals surface area contributed by atoms with Crippen LogP contribution in [0.25, 0.3) is 0 Å². The van der Waals surface area contributed by atoms with E-state index in [1.807, 2.05) is 20.8 Å². The van der Waals surface area contributed by atoms with Crippen LogP contribution in [-0.4, -0.2) is 29.2 Å². The van der Waals surface area contributed by atoms with E-state index in [4.69, 9.17) is 5.11 Å². The fourth-order valence-corrected chi connectivity index (χ4v) is 1.58. The van der Waals surface area contributed by atoms with Gasteiger partial charge >= 0.3 is 12.0 Å². The van der Waals surface area contributed by atoms with Crippen molar-refractivity contribution in [3.8, 4) is 0 Å². The zero-order valence-corrected chi connectivity index (χ0v) is 11.0. The van der Waals surface area contributed by atoms with Crippen molar-refractivity contribution in [1.29, 1.82) is 0 Å². The number of carbonyl (C=O) groups is 2. The van der Waals surface area contributed by atoms with Gasteiger partial charge < -0.3 is 15.7 Å². The summed E-state index contributed by atoms with van der Waals surface area (Å²) >= 11 is 0. The first-order valence-corrected chi connectivity index (χ1v) is 6.28. The number of rotatable bonds is 8. The van der Waals surface area contributed by atoms with Crippen molar-refractivity contribution in [2.24, 2.45) is 0 Å². The van der Waals surface area contributed by atoms with Gasteiger partial charge in [-0.25, -0.2) is 4.79 Å². The van der Waals surface area contributed by atoms with Gasteiger partial charge in [-0.15, -0.1) is 0 Å². The highest BCUT2D eigenvalue weighted by atomic mass is 16.4. The smallest absolute Gasteiger partial charge is 0.315 e. The Morgan fingerprint density at radius 2 is 1.76 bits per heavy atom. The van der Waals surface area contributed by atoms with Crippen LogP contribution >= 0.6 is 0 Å². The van der Waals surface area contributed by atoms with Gasteiger partial charge in [0.15, 0.2) is 0 Å². The minimum absolute atomic E-state index is 0.00344. The van der Waals surface area contributed by atoms with E-state index in [0.717, 1.165) is 12.8 Å². The molecule has 0 aromatic rings. The lowest BCUT2D eigenvalue weighted by Gasteiger charge is -2.18. The summed E-state index contributed by atoms with van der Waals surface area (Å²) in [5, 5.41) is 14.2. The molecule has 0 aliphatic heterocycles. The highest BCUT2D eigenvalue weighted by molar-refractivity contribution is 5.74. The molecule has 3 N–H and O–H groups in total. The van der Waals surface area contributed by atoms with Crippen LogP contribution < -0.4 is 10.6 Å². The molecule has 0 saturated heterocycles. The van der Waals surface area contributed by atoms with Gasteiger partial charge in [-0.05, 0) is 32.6 Å². The Morgan fingerprint density at radius 1 is 1.18 bits per heavy atom. The zero-order chi connectivity index (χ0) is 13.3. The van der Waals surface area contributed by atoms with Crippen LogP contribution in [0, 0.1) is 0 Å². The molecule has 0 heterocycles. The summed E-state index contributed by atoms with van der Waals surface area (Å²) in [6, 6.07) is 0.0476. The molecule has 5 heteroatoms. The van der Waals surface area contributed by atoms with Crippen LogP contribution in [-0.2, 0) is 4.79 Å². The van der Waals surface area contributed by atoms with Gasteiger partial charge in [0.05, 0.1) is 0 Å². The van der Waals surface area contributed by atoms with Gasteiger partial charge in [-0.2, -0.15) is 0 Å². The summed E-state index contributed by atoms with van der Waals surface area (Å²) in [6.07, 6.45) is 3.25. The standard InChI is InChI=1S/C12H24N2O3/c1-4-10(5-2)14-12(17)13-9(3)7-6-8-11(15)16/h9-10H,4-8H2,1-3H3,(H,15,16)(H2,13,14,17). The van der Waals surface area contributed by atoms with E-state index in [1.54, 1.807) is 0 Å². The first-order chi connectivity index (χ1) is 7.99. The SMILES string of the molecule is CCC(CC)NC(=O)NC(C)CCCC(=O)O. The molecule has 0 saturated carbocycles. The van der Waals surface area contributed by atoms with E-state index in [0.29, 0.717) is 12.8 Å². The summed E-state index contributed by atoms with van der Waals surface area (Å²) in [6.45, 7) is 5.95. The van der Waals surface area contributed by atoms with Crippen molar-refractivity contribution < 1.29 is 14.7 Å². The summed E-state index contributed by atoms with van der Waals surface area (Å²) in [5.74, 6) is -0.793. The second kappa shape index (κ2) is 8.84. The first-order valence-electron chi connectivity index (χ1n) is 6.28. The number of carbonyl (C=O) groups excluding carboxylic acids is 1. The largest absolute Gasteiger partial charge is 0.481 e. The molecule has 100 valence electrons. The van der Waals surface area contributed by atoms with Crippen molar-refractivity contribution in [1.82, 2.24) is 10.6 Å². The highest BCUT2D eigenvalue weighted by Gasteiger charge is 2.11. The minimum atomic E-state index is -0.793. The Bertz CT molecular complexity index is 240. The Labute approximate surface area is 103 Å². The summed E-state index contributed by atoms with van der Waals surface area (Å²) in [5.41, 5.74) is 0.